The molecule has 0 aliphatic heterocycles. The Kier molecular flexibility index (Phi) is 6.85. The van der Waals surface area contributed by atoms with Crippen LogP contribution in [0.1, 0.15) is 27.0 Å². The second-order valence-corrected chi connectivity index (χ2v) is 7.76. The first-order valence-electron chi connectivity index (χ1n) is 10.8. The number of carbonyl (C=O) groups is 2. The van der Waals surface area contributed by atoms with Gasteiger partial charge in [-0.2, -0.15) is 5.26 Å². The fourth-order valence-corrected chi connectivity index (χ4v) is 3.81. The number of fused-ring (bicyclic) bond motifs is 1. The number of ether oxygens (including phenoxy) is 1. The Morgan fingerprint density at radius 2 is 1.74 bits per heavy atom. The van der Waals surface area contributed by atoms with Crippen LogP contribution < -0.4 is 5.32 Å². The highest BCUT2D eigenvalue weighted by atomic mass is 16.5. The number of hydrogen-bond acceptors (Lipinski definition) is 4. The molecule has 0 saturated heterocycles. The number of methoxy groups -OCH3 is 1. The summed E-state index contributed by atoms with van der Waals surface area (Å²) in [6.07, 6.45) is 3.53. The van der Waals surface area contributed by atoms with Crippen molar-refractivity contribution in [3.63, 3.8) is 0 Å². The average Bonchev–Trinajstić information content (AvgIpc) is 3.23. The average molecular weight is 450 g/mol. The van der Waals surface area contributed by atoms with Crippen molar-refractivity contribution in [1.29, 1.82) is 5.26 Å². The minimum absolute atomic E-state index is 0.0338. The van der Waals surface area contributed by atoms with Crippen LogP contribution >= 0.6 is 0 Å². The van der Waals surface area contributed by atoms with E-state index in [2.05, 4.69) is 5.32 Å². The molecule has 0 aliphatic rings. The molecule has 6 nitrogen and oxygen atoms in total. The van der Waals surface area contributed by atoms with Gasteiger partial charge in [0.15, 0.2) is 0 Å². The molecule has 0 fully saturated rings. The minimum atomic E-state index is -0.422. The van der Waals surface area contributed by atoms with Crippen LogP contribution in [0.15, 0.2) is 90.6 Å². The summed E-state index contributed by atoms with van der Waals surface area (Å²) in [5.74, 6) is -0.808. The second kappa shape index (κ2) is 10.3. The lowest BCUT2D eigenvalue weighted by Crippen LogP contribution is -2.23. The Morgan fingerprint density at radius 1 is 1.00 bits per heavy atom. The van der Waals surface area contributed by atoms with E-state index in [1.165, 1.54) is 7.11 Å². The van der Waals surface area contributed by atoms with Gasteiger partial charge in [-0.3, -0.25) is 4.79 Å². The summed E-state index contributed by atoms with van der Waals surface area (Å²) >= 11 is 0. The van der Waals surface area contributed by atoms with Crippen molar-refractivity contribution < 1.29 is 14.3 Å². The van der Waals surface area contributed by atoms with E-state index >= 15 is 0 Å². The number of para-hydroxylation sites is 1. The van der Waals surface area contributed by atoms with Crippen LogP contribution in [0.25, 0.3) is 17.0 Å². The highest BCUT2D eigenvalue weighted by Crippen LogP contribution is 2.25. The molecule has 168 valence electrons. The number of nitrogens with zero attached hydrogens (tertiary/aromatic N) is 2. The molecule has 3 aromatic carbocycles. The Labute approximate surface area is 197 Å². The van der Waals surface area contributed by atoms with Crippen molar-refractivity contribution in [3.8, 4) is 6.07 Å². The van der Waals surface area contributed by atoms with Crippen LogP contribution in [0.5, 0.6) is 0 Å². The van der Waals surface area contributed by atoms with Gasteiger partial charge < -0.3 is 14.6 Å². The van der Waals surface area contributed by atoms with Gasteiger partial charge >= 0.3 is 5.97 Å². The lowest BCUT2D eigenvalue weighted by atomic mass is 10.1. The largest absolute Gasteiger partial charge is 0.465 e. The minimum Gasteiger partial charge on any atom is -0.465 e. The number of aromatic nitrogens is 1. The van der Waals surface area contributed by atoms with Crippen LogP contribution in [-0.4, -0.2) is 23.6 Å². The summed E-state index contributed by atoms with van der Waals surface area (Å²) in [5.41, 5.74) is 4.13. The number of rotatable bonds is 7. The topological polar surface area (TPSA) is 84.1 Å². The summed E-state index contributed by atoms with van der Waals surface area (Å²) in [7, 11) is 1.36. The summed E-state index contributed by atoms with van der Waals surface area (Å²) in [6.45, 7) is 0.859. The molecule has 0 aliphatic carbocycles. The van der Waals surface area contributed by atoms with Crippen molar-refractivity contribution in [3.05, 3.63) is 113 Å². The number of benzene rings is 3. The quantitative estimate of drug-likeness (QED) is 0.252. The van der Waals surface area contributed by atoms with Crippen molar-refractivity contribution in [2.24, 2.45) is 0 Å². The number of nitrogens with one attached hydrogen (secondary N) is 1. The Balaban J connectivity index is 1.62. The molecule has 6 heteroatoms. The van der Waals surface area contributed by atoms with E-state index in [0.717, 1.165) is 27.6 Å². The van der Waals surface area contributed by atoms with Gasteiger partial charge in [-0.05, 0) is 35.4 Å². The molecule has 1 aromatic heterocycles. The maximum atomic E-state index is 12.7. The predicted molar refractivity (Wildman–Crippen MR) is 131 cm³/mol. The van der Waals surface area contributed by atoms with Gasteiger partial charge in [-0.25, -0.2) is 4.79 Å². The molecule has 0 radical (unpaired) electrons. The normalized spacial score (nSPS) is 11.1. The number of esters is 1. The van der Waals surface area contributed by atoms with Gasteiger partial charge in [-0.15, -0.1) is 0 Å². The van der Waals surface area contributed by atoms with Crippen LogP contribution in [0.3, 0.4) is 0 Å². The smallest absolute Gasteiger partial charge is 0.337 e. The van der Waals surface area contributed by atoms with Crippen molar-refractivity contribution in [2.45, 2.75) is 13.1 Å². The molecule has 1 N–H and O–H groups in total. The molecule has 4 aromatic rings. The zero-order valence-corrected chi connectivity index (χ0v) is 18.7. The van der Waals surface area contributed by atoms with Crippen molar-refractivity contribution in [2.75, 3.05) is 7.11 Å². The second-order valence-electron chi connectivity index (χ2n) is 7.76. The zero-order chi connectivity index (χ0) is 23.9. The summed E-state index contributed by atoms with van der Waals surface area (Å²) < 4.78 is 6.86. The first-order chi connectivity index (χ1) is 16.6. The van der Waals surface area contributed by atoms with E-state index < -0.39 is 5.91 Å². The number of nitriles is 1. The van der Waals surface area contributed by atoms with E-state index in [-0.39, 0.29) is 11.5 Å². The molecule has 34 heavy (non-hydrogen) atoms. The number of carbonyl (C=O) groups excluding carboxylic acids is 2. The van der Waals surface area contributed by atoms with Crippen LogP contribution in [-0.2, 0) is 22.6 Å². The molecule has 1 heterocycles. The predicted octanol–water partition coefficient (Wildman–Crippen LogP) is 4.70. The molecule has 0 unspecified atom stereocenters. The van der Waals surface area contributed by atoms with Crippen LogP contribution in [0, 0.1) is 11.3 Å². The molecular weight excluding hydrogens is 426 g/mol. The number of amides is 1. The lowest BCUT2D eigenvalue weighted by Gasteiger charge is -2.07. The molecular formula is C28H23N3O3. The standard InChI is InChI=1S/C28H23N3O3/c1-34-28(33)22-11-7-10-21(14-22)18-31-19-24(25-12-5-6-13-26(25)31)15-23(16-29)27(32)30-17-20-8-3-2-4-9-20/h2-15,19H,17-18H2,1H3,(H,30,32)/b23-15+. The van der Waals surface area contributed by atoms with E-state index in [1.54, 1.807) is 18.2 Å². The maximum Gasteiger partial charge on any atom is 0.337 e. The lowest BCUT2D eigenvalue weighted by molar-refractivity contribution is -0.117. The highest BCUT2D eigenvalue weighted by molar-refractivity contribution is 6.04. The van der Waals surface area contributed by atoms with E-state index in [0.29, 0.717) is 18.7 Å². The van der Waals surface area contributed by atoms with Crippen molar-refractivity contribution >= 4 is 28.9 Å². The van der Waals surface area contributed by atoms with Gasteiger partial charge in [-0.1, -0.05) is 60.7 Å². The molecule has 0 saturated carbocycles. The monoisotopic (exact) mass is 449 g/mol. The maximum absolute atomic E-state index is 12.7. The molecule has 0 spiro atoms. The molecule has 0 bridgehead atoms. The van der Waals surface area contributed by atoms with E-state index in [1.807, 2.05) is 83.6 Å². The summed E-state index contributed by atoms with van der Waals surface area (Å²) in [6, 6.07) is 26.6. The number of hydrogen-bond donors (Lipinski definition) is 1. The van der Waals surface area contributed by atoms with Gasteiger partial charge in [0, 0.05) is 35.8 Å². The zero-order valence-electron chi connectivity index (χ0n) is 18.7. The van der Waals surface area contributed by atoms with E-state index in [9.17, 15) is 14.9 Å². The molecule has 0 atom stereocenters. The summed E-state index contributed by atoms with van der Waals surface area (Å²) in [4.78, 5) is 24.6. The van der Waals surface area contributed by atoms with Crippen LogP contribution in [0.2, 0.25) is 0 Å². The highest BCUT2D eigenvalue weighted by Gasteiger charge is 2.13. The van der Waals surface area contributed by atoms with Gasteiger partial charge in [0.2, 0.25) is 0 Å². The van der Waals surface area contributed by atoms with E-state index in [4.69, 9.17) is 4.74 Å². The SMILES string of the molecule is COC(=O)c1cccc(Cn2cc(/C=C(\C#N)C(=O)NCc3ccccc3)c3ccccc32)c1. The third-order valence-corrected chi connectivity index (χ3v) is 5.48. The van der Waals surface area contributed by atoms with Crippen molar-refractivity contribution in [1.82, 2.24) is 9.88 Å². The fraction of sp³-hybridized carbons (Fsp3) is 0.107. The first-order valence-corrected chi connectivity index (χ1v) is 10.8. The third-order valence-electron chi connectivity index (χ3n) is 5.48. The van der Waals surface area contributed by atoms with Gasteiger partial charge in [0.05, 0.1) is 12.7 Å². The summed E-state index contributed by atoms with van der Waals surface area (Å²) in [5, 5.41) is 13.4. The van der Waals surface area contributed by atoms with Gasteiger partial charge in [0.1, 0.15) is 11.6 Å². The molecule has 4 rings (SSSR count). The molecule has 1 amide bonds. The Hall–Kier alpha value is -4.63. The third kappa shape index (κ3) is 5.05. The van der Waals surface area contributed by atoms with Crippen LogP contribution in [0.4, 0.5) is 0 Å². The fourth-order valence-electron chi connectivity index (χ4n) is 3.81. The first kappa shape index (κ1) is 22.6. The Morgan fingerprint density at radius 3 is 2.50 bits per heavy atom. The van der Waals surface area contributed by atoms with Gasteiger partial charge in [0.25, 0.3) is 5.91 Å². The Bertz CT molecular complexity index is 1410.